The smallest absolute Gasteiger partial charge is 0.295 e. The number of hydrogen-bond acceptors (Lipinski definition) is 6. The molecule has 1 fully saturated rings. The van der Waals surface area contributed by atoms with Crippen molar-refractivity contribution >= 4 is 28.8 Å². The Morgan fingerprint density at radius 2 is 2.00 bits per heavy atom. The zero-order chi connectivity index (χ0) is 22.5. The number of aliphatic hydroxyl groups is 1. The van der Waals surface area contributed by atoms with Crippen LogP contribution < -0.4 is 4.74 Å². The Morgan fingerprint density at radius 3 is 2.66 bits per heavy atom. The molecule has 0 radical (unpaired) electrons. The number of likely N-dealkylation sites (tertiary alicyclic amines) is 1. The van der Waals surface area contributed by atoms with Crippen LogP contribution in [0, 0.1) is 0 Å². The minimum absolute atomic E-state index is 0.127. The number of Topliss-reactive ketones (excluding diaryl/α,β-unsaturated/α-hetero) is 1. The number of amides is 1. The number of hydrogen-bond donors (Lipinski definition) is 1. The van der Waals surface area contributed by atoms with Crippen molar-refractivity contribution in [1.82, 2.24) is 14.5 Å². The average molecular weight is 452 g/mol. The van der Waals surface area contributed by atoms with Gasteiger partial charge in [0.1, 0.15) is 11.5 Å². The predicted molar refractivity (Wildman–Crippen MR) is 122 cm³/mol. The molecule has 0 aliphatic carbocycles. The van der Waals surface area contributed by atoms with Gasteiger partial charge in [0.15, 0.2) is 0 Å². The molecule has 1 amide bonds. The summed E-state index contributed by atoms with van der Waals surface area (Å²) < 4.78 is 7.52. The first-order chi connectivity index (χ1) is 15.6. The van der Waals surface area contributed by atoms with E-state index < -0.39 is 17.7 Å². The molecule has 4 rings (SSSR count). The van der Waals surface area contributed by atoms with Crippen molar-refractivity contribution in [2.75, 3.05) is 13.2 Å². The molecular formula is C24H25N3O4S. The predicted octanol–water partition coefficient (Wildman–Crippen LogP) is 4.25. The molecule has 166 valence electrons. The Hall–Kier alpha value is -3.39. The molecule has 0 spiro atoms. The molecule has 1 saturated heterocycles. The molecule has 1 N–H and O–H groups in total. The fraction of sp³-hybridized carbons (Fsp3) is 0.292. The van der Waals surface area contributed by atoms with Crippen LogP contribution in [0.5, 0.6) is 5.75 Å². The zero-order valence-electron chi connectivity index (χ0n) is 17.8. The fourth-order valence-electron chi connectivity index (χ4n) is 3.78. The Kier molecular flexibility index (Phi) is 6.70. The lowest BCUT2D eigenvalue weighted by atomic mass is 10.00. The summed E-state index contributed by atoms with van der Waals surface area (Å²) in [4.78, 5) is 32.3. The van der Waals surface area contributed by atoms with E-state index in [-0.39, 0.29) is 11.3 Å². The van der Waals surface area contributed by atoms with E-state index in [0.717, 1.165) is 11.3 Å². The highest BCUT2D eigenvalue weighted by Crippen LogP contribution is 2.41. The highest BCUT2D eigenvalue weighted by atomic mass is 32.1. The number of nitrogens with zero attached hydrogens (tertiary/aromatic N) is 3. The topological polar surface area (TPSA) is 84.7 Å². The summed E-state index contributed by atoms with van der Waals surface area (Å²) >= 11 is 1.46. The van der Waals surface area contributed by atoms with E-state index in [9.17, 15) is 14.7 Å². The summed E-state index contributed by atoms with van der Waals surface area (Å²) in [7, 11) is 0. The number of imidazole rings is 1. The fourth-order valence-corrected chi connectivity index (χ4v) is 4.63. The average Bonchev–Trinajstić information content (AvgIpc) is 3.56. The molecule has 2 aromatic heterocycles. The number of thiophene rings is 1. The number of aliphatic hydroxyl groups excluding tert-OH is 1. The maximum absolute atomic E-state index is 13.0. The highest BCUT2D eigenvalue weighted by Gasteiger charge is 2.46. The van der Waals surface area contributed by atoms with Gasteiger partial charge in [-0.2, -0.15) is 0 Å². The molecule has 7 nitrogen and oxygen atoms in total. The van der Waals surface area contributed by atoms with Crippen LogP contribution in [0.4, 0.5) is 0 Å². The van der Waals surface area contributed by atoms with Crippen LogP contribution in [0.1, 0.15) is 36.2 Å². The third-order valence-corrected chi connectivity index (χ3v) is 6.25. The first kappa shape index (κ1) is 21.8. The van der Waals surface area contributed by atoms with Gasteiger partial charge in [0.25, 0.3) is 11.7 Å². The lowest BCUT2D eigenvalue weighted by molar-refractivity contribution is -0.139. The number of benzene rings is 1. The van der Waals surface area contributed by atoms with E-state index in [4.69, 9.17) is 4.74 Å². The monoisotopic (exact) mass is 451 g/mol. The summed E-state index contributed by atoms with van der Waals surface area (Å²) in [5.41, 5.74) is 0.606. The third-order valence-electron chi connectivity index (χ3n) is 5.33. The van der Waals surface area contributed by atoms with Gasteiger partial charge in [-0.25, -0.2) is 4.98 Å². The van der Waals surface area contributed by atoms with Gasteiger partial charge in [-0.1, -0.05) is 13.0 Å². The first-order valence-corrected chi connectivity index (χ1v) is 11.5. The Bertz CT molecular complexity index is 1090. The minimum atomic E-state index is -0.658. The maximum atomic E-state index is 13.0. The maximum Gasteiger partial charge on any atom is 0.295 e. The van der Waals surface area contributed by atoms with Gasteiger partial charge in [-0.15, -0.1) is 11.3 Å². The van der Waals surface area contributed by atoms with E-state index >= 15 is 0 Å². The molecule has 0 saturated carbocycles. The van der Waals surface area contributed by atoms with E-state index in [2.05, 4.69) is 4.98 Å². The number of ketones is 1. The summed E-state index contributed by atoms with van der Waals surface area (Å²) in [6.45, 7) is 3.71. The summed E-state index contributed by atoms with van der Waals surface area (Å²) in [6.07, 6.45) is 6.84. The molecular weight excluding hydrogens is 426 g/mol. The molecule has 1 aromatic carbocycles. The van der Waals surface area contributed by atoms with Crippen molar-refractivity contribution in [2.24, 2.45) is 0 Å². The van der Waals surface area contributed by atoms with Gasteiger partial charge in [-0.05, 0) is 48.6 Å². The molecule has 1 atom stereocenters. The highest BCUT2D eigenvalue weighted by molar-refractivity contribution is 7.10. The summed E-state index contributed by atoms with van der Waals surface area (Å²) in [5, 5.41) is 13.0. The van der Waals surface area contributed by atoms with E-state index in [1.54, 1.807) is 41.7 Å². The quantitative estimate of drug-likeness (QED) is 0.299. The number of carbonyl (C=O) groups is 2. The first-order valence-electron chi connectivity index (χ1n) is 10.6. The second-order valence-electron chi connectivity index (χ2n) is 7.53. The normalized spacial score (nSPS) is 17.8. The van der Waals surface area contributed by atoms with Gasteiger partial charge < -0.3 is 19.3 Å². The zero-order valence-corrected chi connectivity index (χ0v) is 18.6. The Morgan fingerprint density at radius 1 is 1.19 bits per heavy atom. The lowest BCUT2D eigenvalue weighted by Gasteiger charge is -2.24. The lowest BCUT2D eigenvalue weighted by Crippen LogP contribution is -2.31. The van der Waals surface area contributed by atoms with Gasteiger partial charge in [-0.3, -0.25) is 9.59 Å². The number of ether oxygens (including phenoxy) is 1. The Labute approximate surface area is 190 Å². The van der Waals surface area contributed by atoms with Crippen molar-refractivity contribution in [3.05, 3.63) is 76.5 Å². The van der Waals surface area contributed by atoms with Crippen LogP contribution in [-0.2, 0) is 16.1 Å². The number of aryl methyl sites for hydroxylation is 1. The van der Waals surface area contributed by atoms with Crippen molar-refractivity contribution < 1.29 is 19.4 Å². The van der Waals surface area contributed by atoms with E-state index in [0.29, 0.717) is 37.4 Å². The van der Waals surface area contributed by atoms with Crippen LogP contribution in [-0.4, -0.2) is 44.4 Å². The second kappa shape index (κ2) is 9.82. The number of carbonyl (C=O) groups excluding carboxylic acids is 2. The van der Waals surface area contributed by atoms with Crippen LogP contribution in [0.3, 0.4) is 0 Å². The second-order valence-corrected chi connectivity index (χ2v) is 8.51. The molecule has 0 bridgehead atoms. The molecule has 1 unspecified atom stereocenters. The largest absolute Gasteiger partial charge is 0.507 e. The number of rotatable bonds is 9. The van der Waals surface area contributed by atoms with Crippen LogP contribution in [0.2, 0.25) is 0 Å². The molecule has 3 heterocycles. The van der Waals surface area contributed by atoms with Crippen molar-refractivity contribution in [1.29, 1.82) is 0 Å². The van der Waals surface area contributed by atoms with E-state index in [1.165, 1.54) is 11.3 Å². The van der Waals surface area contributed by atoms with Gasteiger partial charge in [0.2, 0.25) is 0 Å². The van der Waals surface area contributed by atoms with Gasteiger partial charge in [0.05, 0.1) is 24.5 Å². The SMILES string of the molecule is CCCOc1ccc(C(O)=C2C(=O)C(=O)N(CCCn3ccnc3)C2c2cccs2)cc1. The van der Waals surface area contributed by atoms with Crippen LogP contribution in [0.25, 0.3) is 5.76 Å². The molecule has 8 heteroatoms. The van der Waals surface area contributed by atoms with Crippen molar-refractivity contribution in [3.8, 4) is 5.75 Å². The van der Waals surface area contributed by atoms with Gasteiger partial charge in [0, 0.05) is 35.9 Å². The molecule has 3 aromatic rings. The summed E-state index contributed by atoms with van der Waals surface area (Å²) in [5.74, 6) is -0.715. The van der Waals surface area contributed by atoms with Crippen LogP contribution >= 0.6 is 11.3 Å². The van der Waals surface area contributed by atoms with Crippen molar-refractivity contribution in [2.45, 2.75) is 32.4 Å². The minimum Gasteiger partial charge on any atom is -0.507 e. The molecule has 1 aliphatic heterocycles. The van der Waals surface area contributed by atoms with Gasteiger partial charge >= 0.3 is 0 Å². The van der Waals surface area contributed by atoms with Crippen LogP contribution in [0.15, 0.2) is 66.1 Å². The van der Waals surface area contributed by atoms with Crippen molar-refractivity contribution in [3.63, 3.8) is 0 Å². The summed E-state index contributed by atoms with van der Waals surface area (Å²) in [6, 6.07) is 10.1. The number of aromatic nitrogens is 2. The molecule has 32 heavy (non-hydrogen) atoms. The third kappa shape index (κ3) is 4.45. The Balaban J connectivity index is 1.63. The standard InChI is InChI=1S/C24H25N3O4S/c1-2-14-31-18-8-6-17(7-9-18)22(28)20-21(19-5-3-15-32-19)27(24(30)23(20)29)12-4-11-26-13-10-25-16-26/h3,5-10,13,15-16,21,28H,2,4,11-12,14H2,1H3. The van der Waals surface area contributed by atoms with E-state index in [1.807, 2.05) is 35.2 Å². The molecule has 1 aliphatic rings.